The molecule has 1 aromatic heterocycles. The fraction of sp³-hybridized carbons (Fsp3) is 0.111. The van der Waals surface area contributed by atoms with Crippen LogP contribution in [0.2, 0.25) is 10.0 Å². The molecule has 2 N–H and O–H groups in total. The first-order chi connectivity index (χ1) is 7.61. The Morgan fingerprint density at radius 1 is 1.31 bits per heavy atom. The van der Waals surface area contributed by atoms with Gasteiger partial charge in [-0.25, -0.2) is 0 Å². The van der Waals surface area contributed by atoms with Crippen LogP contribution in [-0.4, -0.2) is 17.3 Å². The van der Waals surface area contributed by atoms with Crippen LogP contribution in [-0.2, 0) is 0 Å². The molecule has 0 radical (unpaired) electrons. The van der Waals surface area contributed by atoms with E-state index in [0.717, 1.165) is 0 Å². The fourth-order valence-electron chi connectivity index (χ4n) is 1.27. The molecule has 1 heterocycles. The van der Waals surface area contributed by atoms with Crippen LogP contribution in [0.15, 0.2) is 16.5 Å². The van der Waals surface area contributed by atoms with Crippen molar-refractivity contribution in [2.75, 3.05) is 12.8 Å². The second-order valence-electron chi connectivity index (χ2n) is 2.91. The van der Waals surface area contributed by atoms with Crippen molar-refractivity contribution in [1.29, 1.82) is 0 Å². The monoisotopic (exact) mass is 259 g/mol. The zero-order valence-corrected chi connectivity index (χ0v) is 9.71. The minimum atomic E-state index is -0.0341. The van der Waals surface area contributed by atoms with Gasteiger partial charge in [-0.05, 0) is 12.1 Å². The van der Waals surface area contributed by atoms with Gasteiger partial charge in [0.15, 0.2) is 0 Å². The van der Waals surface area contributed by atoms with Crippen LogP contribution >= 0.6 is 23.2 Å². The lowest BCUT2D eigenvalue weighted by Gasteiger charge is -2.07. The van der Waals surface area contributed by atoms with Gasteiger partial charge in [0.1, 0.15) is 5.75 Å². The van der Waals surface area contributed by atoms with Crippen molar-refractivity contribution in [3.05, 3.63) is 22.2 Å². The molecule has 0 saturated heterocycles. The lowest BCUT2D eigenvalue weighted by atomic mass is 10.2. The number of halogens is 2. The number of ether oxygens (including phenoxy) is 1. The lowest BCUT2D eigenvalue weighted by Crippen LogP contribution is -1.89. The third-order valence-corrected chi connectivity index (χ3v) is 2.38. The van der Waals surface area contributed by atoms with Crippen LogP contribution in [0.1, 0.15) is 0 Å². The fourth-order valence-corrected chi connectivity index (χ4v) is 1.84. The summed E-state index contributed by atoms with van der Waals surface area (Å²) in [5.41, 5.74) is 5.84. The number of nitrogens with two attached hydrogens (primary N) is 1. The Hall–Kier alpha value is -1.46. The van der Waals surface area contributed by atoms with E-state index in [9.17, 15) is 0 Å². The second kappa shape index (κ2) is 4.19. The Bertz CT molecular complexity index is 527. The van der Waals surface area contributed by atoms with Crippen molar-refractivity contribution in [1.82, 2.24) is 10.2 Å². The molecule has 0 aliphatic rings. The van der Waals surface area contributed by atoms with Gasteiger partial charge in [-0.15, -0.1) is 5.10 Å². The van der Waals surface area contributed by atoms with E-state index < -0.39 is 0 Å². The molecular formula is C9H7Cl2N3O2. The van der Waals surface area contributed by atoms with E-state index in [1.54, 1.807) is 12.1 Å². The number of rotatable bonds is 2. The van der Waals surface area contributed by atoms with Gasteiger partial charge in [0.25, 0.3) is 5.89 Å². The molecule has 0 atom stereocenters. The molecular weight excluding hydrogens is 253 g/mol. The average molecular weight is 260 g/mol. The third kappa shape index (κ3) is 1.91. The molecule has 16 heavy (non-hydrogen) atoms. The first-order valence-electron chi connectivity index (χ1n) is 4.24. The summed E-state index contributed by atoms with van der Waals surface area (Å²) in [6, 6.07) is 3.14. The van der Waals surface area contributed by atoms with Gasteiger partial charge in [-0.2, -0.15) is 0 Å². The maximum atomic E-state index is 5.96. The smallest absolute Gasteiger partial charge is 0.313 e. The summed E-state index contributed by atoms with van der Waals surface area (Å²) in [7, 11) is 1.48. The van der Waals surface area contributed by atoms with Gasteiger partial charge in [0.2, 0.25) is 0 Å². The zero-order chi connectivity index (χ0) is 11.7. The molecule has 2 rings (SSSR count). The number of hydrogen-bond donors (Lipinski definition) is 1. The number of hydrogen-bond acceptors (Lipinski definition) is 5. The van der Waals surface area contributed by atoms with E-state index in [0.29, 0.717) is 21.4 Å². The number of anilines is 1. The van der Waals surface area contributed by atoms with E-state index in [4.69, 9.17) is 38.1 Å². The molecule has 7 heteroatoms. The first-order valence-corrected chi connectivity index (χ1v) is 5.00. The van der Waals surface area contributed by atoms with Gasteiger partial charge in [-0.1, -0.05) is 28.3 Å². The maximum Gasteiger partial charge on any atom is 0.313 e. The molecule has 0 aliphatic carbocycles. The van der Waals surface area contributed by atoms with Crippen molar-refractivity contribution >= 4 is 29.2 Å². The van der Waals surface area contributed by atoms with Gasteiger partial charge in [0, 0.05) is 5.02 Å². The molecule has 0 fully saturated rings. The highest BCUT2D eigenvalue weighted by atomic mass is 35.5. The molecule has 5 nitrogen and oxygen atoms in total. The SMILES string of the molecule is COc1c(Cl)cc(Cl)cc1-c1nnc(N)o1. The van der Waals surface area contributed by atoms with Gasteiger partial charge in [0.05, 0.1) is 17.7 Å². The highest BCUT2D eigenvalue weighted by Crippen LogP contribution is 2.38. The van der Waals surface area contributed by atoms with E-state index in [2.05, 4.69) is 10.2 Å². The van der Waals surface area contributed by atoms with Gasteiger partial charge >= 0.3 is 6.01 Å². The Morgan fingerprint density at radius 2 is 2.06 bits per heavy atom. The van der Waals surface area contributed by atoms with Crippen LogP contribution < -0.4 is 10.5 Å². The second-order valence-corrected chi connectivity index (χ2v) is 3.76. The number of nitrogen functional groups attached to an aromatic ring is 1. The maximum absolute atomic E-state index is 5.96. The molecule has 0 spiro atoms. The van der Waals surface area contributed by atoms with Crippen LogP contribution in [0.3, 0.4) is 0 Å². The van der Waals surface area contributed by atoms with Crippen LogP contribution in [0.4, 0.5) is 6.01 Å². The molecule has 1 aromatic carbocycles. The minimum Gasteiger partial charge on any atom is -0.494 e. The van der Waals surface area contributed by atoms with Crippen molar-refractivity contribution in [3.8, 4) is 17.2 Å². The lowest BCUT2D eigenvalue weighted by molar-refractivity contribution is 0.414. The topological polar surface area (TPSA) is 74.2 Å². The number of methoxy groups -OCH3 is 1. The molecule has 0 saturated carbocycles. The molecule has 0 aliphatic heterocycles. The van der Waals surface area contributed by atoms with Crippen molar-refractivity contribution in [2.45, 2.75) is 0 Å². The Kier molecular flexibility index (Phi) is 2.89. The highest BCUT2D eigenvalue weighted by Gasteiger charge is 2.16. The summed E-state index contributed by atoms with van der Waals surface area (Å²) in [5, 5.41) is 8.09. The number of aromatic nitrogens is 2. The predicted molar refractivity (Wildman–Crippen MR) is 60.7 cm³/mol. The number of benzene rings is 1. The van der Waals surface area contributed by atoms with E-state index in [-0.39, 0.29) is 11.9 Å². The van der Waals surface area contributed by atoms with E-state index in [1.807, 2.05) is 0 Å². The minimum absolute atomic E-state index is 0.0341. The van der Waals surface area contributed by atoms with Gasteiger partial charge < -0.3 is 14.9 Å². The molecule has 84 valence electrons. The summed E-state index contributed by atoms with van der Waals surface area (Å²) in [5.74, 6) is 0.619. The summed E-state index contributed by atoms with van der Waals surface area (Å²) >= 11 is 11.8. The third-order valence-electron chi connectivity index (χ3n) is 1.88. The zero-order valence-electron chi connectivity index (χ0n) is 8.20. The average Bonchev–Trinajstić information content (AvgIpc) is 2.63. The van der Waals surface area contributed by atoms with Crippen LogP contribution in [0, 0.1) is 0 Å². The molecule has 2 aromatic rings. The Labute approximate surface area is 101 Å². The summed E-state index contributed by atoms with van der Waals surface area (Å²) in [4.78, 5) is 0. The van der Waals surface area contributed by atoms with E-state index >= 15 is 0 Å². The molecule has 0 amide bonds. The molecule has 0 bridgehead atoms. The van der Waals surface area contributed by atoms with Crippen molar-refractivity contribution in [2.24, 2.45) is 0 Å². The standard InChI is InChI=1S/C9H7Cl2N3O2/c1-15-7-5(2-4(10)3-6(7)11)8-13-14-9(12)16-8/h2-3H,1H3,(H2,12,14). The van der Waals surface area contributed by atoms with E-state index in [1.165, 1.54) is 7.11 Å². The van der Waals surface area contributed by atoms with Crippen LogP contribution in [0.5, 0.6) is 5.75 Å². The van der Waals surface area contributed by atoms with Gasteiger partial charge in [-0.3, -0.25) is 0 Å². The Balaban J connectivity index is 2.63. The number of nitrogens with zero attached hydrogens (tertiary/aromatic N) is 2. The predicted octanol–water partition coefficient (Wildman–Crippen LogP) is 2.63. The van der Waals surface area contributed by atoms with Crippen molar-refractivity contribution < 1.29 is 9.15 Å². The molecule has 0 unspecified atom stereocenters. The highest BCUT2D eigenvalue weighted by molar-refractivity contribution is 6.36. The summed E-state index contributed by atoms with van der Waals surface area (Å²) in [6.07, 6.45) is 0. The first kappa shape index (κ1) is 11.0. The van der Waals surface area contributed by atoms with Crippen LogP contribution in [0.25, 0.3) is 11.5 Å². The summed E-state index contributed by atoms with van der Waals surface area (Å²) < 4.78 is 10.2. The quantitative estimate of drug-likeness (QED) is 0.898. The summed E-state index contributed by atoms with van der Waals surface area (Å²) in [6.45, 7) is 0. The van der Waals surface area contributed by atoms with Crippen molar-refractivity contribution in [3.63, 3.8) is 0 Å². The Morgan fingerprint density at radius 3 is 2.62 bits per heavy atom. The largest absolute Gasteiger partial charge is 0.494 e. The normalized spacial score (nSPS) is 10.4.